The highest BCUT2D eigenvalue weighted by Gasteiger charge is 2.23. The predicted octanol–water partition coefficient (Wildman–Crippen LogP) is 4.79. The Balaban J connectivity index is 2.69. The lowest BCUT2D eigenvalue weighted by Crippen LogP contribution is -2.22. The summed E-state index contributed by atoms with van der Waals surface area (Å²) in [5.41, 5.74) is 10.7. The van der Waals surface area contributed by atoms with Gasteiger partial charge < -0.3 is 4.98 Å². The number of hydrogen-bond acceptors (Lipinski definition) is 4. The third-order valence-electron chi connectivity index (χ3n) is 3.43. The fraction of sp³-hybridized carbons (Fsp3) is 0.412. The topological polar surface area (TPSA) is 94.5 Å². The molecule has 7 heteroatoms. The fourth-order valence-electron chi connectivity index (χ4n) is 2.49. The van der Waals surface area contributed by atoms with Crippen LogP contribution in [0.25, 0.3) is 10.4 Å². The first-order chi connectivity index (χ1) is 11.4. The van der Waals surface area contributed by atoms with Crippen LogP contribution in [-0.4, -0.2) is 15.2 Å². The van der Waals surface area contributed by atoms with Crippen molar-refractivity contribution in [1.29, 1.82) is 0 Å². The smallest absolute Gasteiger partial charge is 0.255 e. The molecule has 0 spiro atoms. The maximum atomic E-state index is 12.6. The summed E-state index contributed by atoms with van der Waals surface area (Å²) < 4.78 is 0. The molecule has 0 amide bonds. The summed E-state index contributed by atoms with van der Waals surface area (Å²) in [4.78, 5) is 23.0. The van der Waals surface area contributed by atoms with Crippen molar-refractivity contribution in [2.24, 2.45) is 5.11 Å². The zero-order valence-corrected chi connectivity index (χ0v) is 15.0. The van der Waals surface area contributed by atoms with E-state index in [1.54, 1.807) is 0 Å². The SMILES string of the molecule is CC(C)Sc1nc(C(N=[N+]=[N-])c2ccccc2)c(C(C)C)c(=O)[nH]1. The summed E-state index contributed by atoms with van der Waals surface area (Å²) in [6.07, 6.45) is 0. The average molecular weight is 343 g/mol. The van der Waals surface area contributed by atoms with Crippen LogP contribution in [0.2, 0.25) is 0 Å². The molecule has 0 fully saturated rings. The molecule has 2 aromatic rings. The van der Waals surface area contributed by atoms with E-state index in [1.807, 2.05) is 58.0 Å². The molecule has 1 heterocycles. The Kier molecular flexibility index (Phi) is 6.06. The number of thioether (sulfide) groups is 1. The van der Waals surface area contributed by atoms with E-state index in [0.717, 1.165) is 5.56 Å². The second kappa shape index (κ2) is 8.04. The number of aromatic nitrogens is 2. The number of hydrogen-bond donors (Lipinski definition) is 1. The Labute approximate surface area is 145 Å². The second-order valence-electron chi connectivity index (χ2n) is 6.01. The first-order valence-corrected chi connectivity index (χ1v) is 8.72. The Morgan fingerprint density at radius 2 is 1.88 bits per heavy atom. The summed E-state index contributed by atoms with van der Waals surface area (Å²) >= 11 is 1.48. The van der Waals surface area contributed by atoms with E-state index >= 15 is 0 Å². The number of benzene rings is 1. The van der Waals surface area contributed by atoms with Crippen molar-refractivity contribution in [3.05, 3.63) is 67.9 Å². The van der Waals surface area contributed by atoms with Crippen LogP contribution in [-0.2, 0) is 0 Å². The van der Waals surface area contributed by atoms with E-state index in [1.165, 1.54) is 11.8 Å². The molecule has 1 aromatic heterocycles. The van der Waals surface area contributed by atoms with Crippen molar-refractivity contribution < 1.29 is 0 Å². The number of nitrogens with one attached hydrogen (secondary N) is 1. The van der Waals surface area contributed by atoms with Crippen LogP contribution in [0.15, 0.2) is 45.4 Å². The van der Waals surface area contributed by atoms with Crippen molar-refractivity contribution in [3.8, 4) is 0 Å². The Hall–Kier alpha value is -2.24. The Morgan fingerprint density at radius 3 is 2.42 bits per heavy atom. The molecule has 0 aliphatic rings. The van der Waals surface area contributed by atoms with Gasteiger partial charge in [-0.3, -0.25) is 4.79 Å². The molecule has 1 N–H and O–H groups in total. The van der Waals surface area contributed by atoms with Crippen LogP contribution < -0.4 is 5.56 Å². The normalized spacial score (nSPS) is 12.2. The van der Waals surface area contributed by atoms with Crippen LogP contribution >= 0.6 is 11.8 Å². The number of azide groups is 1. The van der Waals surface area contributed by atoms with Crippen molar-refractivity contribution in [1.82, 2.24) is 9.97 Å². The van der Waals surface area contributed by atoms with Crippen molar-refractivity contribution in [2.45, 2.75) is 50.1 Å². The van der Waals surface area contributed by atoms with E-state index in [2.05, 4.69) is 20.0 Å². The van der Waals surface area contributed by atoms with E-state index in [4.69, 9.17) is 5.53 Å². The van der Waals surface area contributed by atoms with Crippen LogP contribution in [0.5, 0.6) is 0 Å². The van der Waals surface area contributed by atoms with Gasteiger partial charge in [-0.1, -0.05) is 74.9 Å². The molecule has 0 saturated heterocycles. The minimum absolute atomic E-state index is 0.0329. The van der Waals surface area contributed by atoms with E-state index in [9.17, 15) is 4.79 Å². The molecule has 126 valence electrons. The second-order valence-corrected chi connectivity index (χ2v) is 7.57. The standard InChI is InChI=1S/C17H21N5OS/c1-10(2)13-15(19-17(20-16(13)23)24-11(3)4)14(21-22-18)12-8-6-5-7-9-12/h5-11,14H,1-4H3,(H,19,20,23). The van der Waals surface area contributed by atoms with Gasteiger partial charge in [-0.15, -0.1) is 0 Å². The van der Waals surface area contributed by atoms with Crippen LogP contribution in [0, 0.1) is 0 Å². The molecule has 1 aromatic carbocycles. The maximum absolute atomic E-state index is 12.6. The summed E-state index contributed by atoms with van der Waals surface area (Å²) in [6.45, 7) is 7.93. The van der Waals surface area contributed by atoms with Gasteiger partial charge >= 0.3 is 0 Å². The van der Waals surface area contributed by atoms with Gasteiger partial charge in [0.25, 0.3) is 5.56 Å². The highest BCUT2D eigenvalue weighted by atomic mass is 32.2. The molecule has 1 unspecified atom stereocenters. The number of aromatic amines is 1. The maximum Gasteiger partial charge on any atom is 0.255 e. The first-order valence-electron chi connectivity index (χ1n) is 7.84. The monoisotopic (exact) mass is 343 g/mol. The first kappa shape index (κ1) is 18.1. The lowest BCUT2D eigenvalue weighted by atomic mass is 9.95. The van der Waals surface area contributed by atoms with Crippen molar-refractivity contribution >= 4 is 11.8 Å². The van der Waals surface area contributed by atoms with Gasteiger partial charge in [0.1, 0.15) is 6.04 Å². The zero-order chi connectivity index (χ0) is 17.7. The Bertz CT molecular complexity index is 794. The van der Waals surface area contributed by atoms with E-state index in [0.29, 0.717) is 16.4 Å². The summed E-state index contributed by atoms with van der Waals surface area (Å²) in [7, 11) is 0. The van der Waals surface area contributed by atoms with Gasteiger partial charge in [0.15, 0.2) is 5.16 Å². The highest BCUT2D eigenvalue weighted by molar-refractivity contribution is 7.99. The quantitative estimate of drug-likeness (QED) is 0.268. The van der Waals surface area contributed by atoms with Crippen LogP contribution in [0.3, 0.4) is 0 Å². The minimum Gasteiger partial charge on any atom is -0.301 e. The van der Waals surface area contributed by atoms with Crippen LogP contribution in [0.4, 0.5) is 0 Å². The third-order valence-corrected chi connectivity index (χ3v) is 4.32. The Morgan fingerprint density at radius 1 is 1.21 bits per heavy atom. The summed E-state index contributed by atoms with van der Waals surface area (Å²) in [5, 5.41) is 4.75. The summed E-state index contributed by atoms with van der Waals surface area (Å²) in [5.74, 6) is -0.0329. The molecule has 24 heavy (non-hydrogen) atoms. The van der Waals surface area contributed by atoms with Crippen molar-refractivity contribution in [2.75, 3.05) is 0 Å². The molecule has 0 bridgehead atoms. The van der Waals surface area contributed by atoms with Gasteiger partial charge in [-0.25, -0.2) is 4.98 Å². The number of nitrogens with zero attached hydrogens (tertiary/aromatic N) is 4. The fourth-order valence-corrected chi connectivity index (χ4v) is 3.24. The van der Waals surface area contributed by atoms with Crippen molar-refractivity contribution in [3.63, 3.8) is 0 Å². The van der Waals surface area contributed by atoms with Gasteiger partial charge in [-0.2, -0.15) is 0 Å². The van der Waals surface area contributed by atoms with Gasteiger partial charge in [-0.05, 0) is 17.0 Å². The molecule has 0 aliphatic carbocycles. The molecule has 0 saturated carbocycles. The highest BCUT2D eigenvalue weighted by Crippen LogP contribution is 2.31. The molecule has 0 radical (unpaired) electrons. The minimum atomic E-state index is -0.623. The largest absolute Gasteiger partial charge is 0.301 e. The molecule has 1 atom stereocenters. The number of rotatable bonds is 6. The average Bonchev–Trinajstić information content (AvgIpc) is 2.51. The molecular weight excluding hydrogens is 322 g/mol. The lowest BCUT2D eigenvalue weighted by molar-refractivity contribution is 0.706. The van der Waals surface area contributed by atoms with Gasteiger partial charge in [0.05, 0.1) is 5.69 Å². The van der Waals surface area contributed by atoms with E-state index in [-0.39, 0.29) is 16.7 Å². The van der Waals surface area contributed by atoms with Crippen LogP contribution in [0.1, 0.15) is 56.5 Å². The lowest BCUT2D eigenvalue weighted by Gasteiger charge is -2.18. The van der Waals surface area contributed by atoms with E-state index < -0.39 is 6.04 Å². The third kappa shape index (κ3) is 4.19. The number of H-pyrrole nitrogens is 1. The molecule has 2 rings (SSSR count). The van der Waals surface area contributed by atoms with Gasteiger partial charge in [0, 0.05) is 15.7 Å². The zero-order valence-electron chi connectivity index (χ0n) is 14.2. The molecular formula is C17H21N5OS. The molecule has 6 nitrogen and oxygen atoms in total. The predicted molar refractivity (Wildman–Crippen MR) is 97.4 cm³/mol. The van der Waals surface area contributed by atoms with Gasteiger partial charge in [0.2, 0.25) is 0 Å². The molecule has 0 aliphatic heterocycles. The summed E-state index contributed by atoms with van der Waals surface area (Å²) in [6, 6.07) is 8.78.